The summed E-state index contributed by atoms with van der Waals surface area (Å²) in [6.07, 6.45) is 5.00. The molecule has 2 atom stereocenters. The Labute approximate surface area is 56.7 Å². The number of rotatable bonds is 0. The molecule has 1 heteroatoms. The first-order chi connectivity index (χ1) is 4.34. The molecule has 1 saturated carbocycles. The van der Waals surface area contributed by atoms with Crippen molar-refractivity contribution in [3.05, 3.63) is 0 Å². The molecule has 0 spiro atoms. The van der Waals surface area contributed by atoms with Gasteiger partial charge in [-0.2, -0.15) is 5.26 Å². The lowest BCUT2D eigenvalue weighted by molar-refractivity contribution is 0.313. The molecule has 9 heavy (non-hydrogen) atoms. The summed E-state index contributed by atoms with van der Waals surface area (Å²) in [6.45, 7) is 2.19. The maximum absolute atomic E-state index is 8.61. The number of nitrogens with zero attached hydrogens (tertiary/aromatic N) is 1. The Hall–Kier alpha value is -0.510. The van der Waals surface area contributed by atoms with Gasteiger partial charge in [0.25, 0.3) is 0 Å². The Morgan fingerprint density at radius 2 is 2.00 bits per heavy atom. The summed E-state index contributed by atoms with van der Waals surface area (Å²) in [5, 5.41) is 8.61. The van der Waals surface area contributed by atoms with E-state index in [0.29, 0.717) is 11.8 Å². The van der Waals surface area contributed by atoms with Crippen molar-refractivity contribution in [1.82, 2.24) is 0 Å². The highest BCUT2D eigenvalue weighted by molar-refractivity contribution is 4.88. The van der Waals surface area contributed by atoms with Gasteiger partial charge in [0.2, 0.25) is 0 Å². The Morgan fingerprint density at radius 3 is 2.44 bits per heavy atom. The van der Waals surface area contributed by atoms with Crippen LogP contribution in [-0.4, -0.2) is 0 Å². The van der Waals surface area contributed by atoms with Crippen LogP contribution in [-0.2, 0) is 0 Å². The van der Waals surface area contributed by atoms with E-state index >= 15 is 0 Å². The zero-order chi connectivity index (χ0) is 6.69. The van der Waals surface area contributed by atoms with Crippen molar-refractivity contribution in [2.75, 3.05) is 0 Å². The first-order valence-electron chi connectivity index (χ1n) is 3.74. The lowest BCUT2D eigenvalue weighted by atomic mass is 9.81. The lowest BCUT2D eigenvalue weighted by Crippen LogP contribution is -2.14. The Bertz CT molecular complexity index is 123. The predicted molar refractivity (Wildman–Crippen MR) is 36.7 cm³/mol. The van der Waals surface area contributed by atoms with Gasteiger partial charge in [-0.25, -0.2) is 0 Å². The second-order valence-electron chi connectivity index (χ2n) is 3.00. The minimum absolute atomic E-state index is 0.360. The van der Waals surface area contributed by atoms with Gasteiger partial charge in [-0.3, -0.25) is 0 Å². The van der Waals surface area contributed by atoms with Crippen molar-refractivity contribution in [2.45, 2.75) is 32.6 Å². The number of nitriles is 1. The molecular formula is C8H13N. The van der Waals surface area contributed by atoms with Crippen molar-refractivity contribution in [3.63, 3.8) is 0 Å². The Balaban J connectivity index is 2.41. The van der Waals surface area contributed by atoms with Crippen LogP contribution in [0.5, 0.6) is 0 Å². The zero-order valence-electron chi connectivity index (χ0n) is 5.93. The average molecular weight is 123 g/mol. The fourth-order valence-corrected chi connectivity index (χ4v) is 1.51. The molecule has 0 saturated heterocycles. The highest BCUT2D eigenvalue weighted by Gasteiger charge is 2.19. The smallest absolute Gasteiger partial charge is 0.0658 e. The van der Waals surface area contributed by atoms with Crippen LogP contribution in [0, 0.1) is 23.2 Å². The molecule has 0 N–H and O–H groups in total. The first-order valence-corrected chi connectivity index (χ1v) is 3.74. The standard InChI is InChI=1S/C8H13N/c1-7-4-2-3-5-8(7)6-9/h7-8H,2-5H2,1H3. The molecule has 0 aromatic rings. The van der Waals surface area contributed by atoms with E-state index in [1.54, 1.807) is 0 Å². The molecule has 1 aliphatic rings. The van der Waals surface area contributed by atoms with Crippen LogP contribution in [0.15, 0.2) is 0 Å². The van der Waals surface area contributed by atoms with Gasteiger partial charge in [-0.1, -0.05) is 19.8 Å². The van der Waals surface area contributed by atoms with Crippen LogP contribution < -0.4 is 0 Å². The molecule has 0 aliphatic heterocycles. The van der Waals surface area contributed by atoms with Gasteiger partial charge in [0, 0.05) is 5.92 Å². The second kappa shape index (κ2) is 2.87. The van der Waals surface area contributed by atoms with Crippen LogP contribution in [0.4, 0.5) is 0 Å². The fourth-order valence-electron chi connectivity index (χ4n) is 1.51. The maximum atomic E-state index is 8.61. The number of hydrogen-bond acceptors (Lipinski definition) is 1. The van der Waals surface area contributed by atoms with E-state index in [9.17, 15) is 0 Å². The summed E-state index contributed by atoms with van der Waals surface area (Å²) in [7, 11) is 0. The summed E-state index contributed by atoms with van der Waals surface area (Å²) in [5.74, 6) is 1.02. The monoisotopic (exact) mass is 123 g/mol. The maximum Gasteiger partial charge on any atom is 0.0658 e. The van der Waals surface area contributed by atoms with Crippen LogP contribution in [0.1, 0.15) is 32.6 Å². The third kappa shape index (κ3) is 1.45. The molecule has 0 radical (unpaired) electrons. The first kappa shape index (κ1) is 6.61. The van der Waals surface area contributed by atoms with Crippen molar-refractivity contribution in [2.24, 2.45) is 11.8 Å². The highest BCUT2D eigenvalue weighted by Crippen LogP contribution is 2.28. The molecule has 2 unspecified atom stereocenters. The van der Waals surface area contributed by atoms with Gasteiger partial charge in [-0.05, 0) is 18.8 Å². The zero-order valence-corrected chi connectivity index (χ0v) is 5.93. The Morgan fingerprint density at radius 1 is 1.33 bits per heavy atom. The lowest BCUT2D eigenvalue weighted by Gasteiger charge is -2.22. The summed E-state index contributed by atoms with van der Waals surface area (Å²) in [5.41, 5.74) is 0. The highest BCUT2D eigenvalue weighted by atomic mass is 14.3. The van der Waals surface area contributed by atoms with Crippen molar-refractivity contribution in [3.8, 4) is 6.07 Å². The topological polar surface area (TPSA) is 23.8 Å². The molecule has 1 aliphatic carbocycles. The number of hydrogen-bond donors (Lipinski definition) is 0. The van der Waals surface area contributed by atoms with Crippen molar-refractivity contribution in [1.29, 1.82) is 5.26 Å². The largest absolute Gasteiger partial charge is 0.198 e. The van der Waals surface area contributed by atoms with Crippen LogP contribution in [0.2, 0.25) is 0 Å². The van der Waals surface area contributed by atoms with Gasteiger partial charge in [0.1, 0.15) is 0 Å². The molecule has 0 amide bonds. The van der Waals surface area contributed by atoms with Gasteiger partial charge in [0.15, 0.2) is 0 Å². The average Bonchev–Trinajstić information content (AvgIpc) is 1.89. The van der Waals surface area contributed by atoms with Crippen LogP contribution in [0.25, 0.3) is 0 Å². The van der Waals surface area contributed by atoms with Crippen LogP contribution in [0.3, 0.4) is 0 Å². The second-order valence-corrected chi connectivity index (χ2v) is 3.00. The summed E-state index contributed by atoms with van der Waals surface area (Å²) >= 11 is 0. The van der Waals surface area contributed by atoms with Gasteiger partial charge < -0.3 is 0 Å². The molecule has 50 valence electrons. The van der Waals surface area contributed by atoms with Crippen molar-refractivity contribution >= 4 is 0 Å². The minimum Gasteiger partial charge on any atom is -0.198 e. The van der Waals surface area contributed by atoms with Crippen molar-refractivity contribution < 1.29 is 0 Å². The molecule has 1 nitrogen and oxygen atoms in total. The molecule has 0 aromatic carbocycles. The van der Waals surface area contributed by atoms with E-state index in [2.05, 4.69) is 13.0 Å². The quantitative estimate of drug-likeness (QED) is 0.485. The van der Waals surface area contributed by atoms with E-state index in [4.69, 9.17) is 5.26 Å². The molecule has 0 aromatic heterocycles. The van der Waals surface area contributed by atoms with Gasteiger partial charge in [0.05, 0.1) is 6.07 Å². The molecule has 0 heterocycles. The molecule has 0 bridgehead atoms. The SMILES string of the molecule is CC1CCCCC1C#N. The third-order valence-corrected chi connectivity index (χ3v) is 2.28. The minimum atomic E-state index is 0.360. The summed E-state index contributed by atoms with van der Waals surface area (Å²) < 4.78 is 0. The van der Waals surface area contributed by atoms with E-state index in [0.717, 1.165) is 6.42 Å². The van der Waals surface area contributed by atoms with E-state index in [1.807, 2.05) is 0 Å². The van der Waals surface area contributed by atoms with Gasteiger partial charge in [-0.15, -0.1) is 0 Å². The van der Waals surface area contributed by atoms with E-state index in [-0.39, 0.29) is 0 Å². The van der Waals surface area contributed by atoms with Crippen LogP contribution >= 0.6 is 0 Å². The molecule has 1 fully saturated rings. The predicted octanol–water partition coefficient (Wildman–Crippen LogP) is 2.34. The summed E-state index contributed by atoms with van der Waals surface area (Å²) in [4.78, 5) is 0. The molecular weight excluding hydrogens is 110 g/mol. The van der Waals surface area contributed by atoms with Gasteiger partial charge >= 0.3 is 0 Å². The fraction of sp³-hybridized carbons (Fsp3) is 0.875. The summed E-state index contributed by atoms with van der Waals surface area (Å²) in [6, 6.07) is 2.35. The third-order valence-electron chi connectivity index (χ3n) is 2.28. The Kier molecular flexibility index (Phi) is 2.10. The molecule has 1 rings (SSSR count). The van der Waals surface area contributed by atoms with E-state index < -0.39 is 0 Å². The normalized spacial score (nSPS) is 35.6. The van der Waals surface area contributed by atoms with E-state index in [1.165, 1.54) is 19.3 Å².